The molecule has 0 spiro atoms. The molecule has 2 fully saturated rings. The summed E-state index contributed by atoms with van der Waals surface area (Å²) in [6, 6.07) is 5.32. The number of hydrogen-bond donors (Lipinski definition) is 3. The summed E-state index contributed by atoms with van der Waals surface area (Å²) >= 11 is 0. The summed E-state index contributed by atoms with van der Waals surface area (Å²) in [5.74, 6) is 0.380. The average molecular weight is 409 g/mol. The van der Waals surface area contributed by atoms with Gasteiger partial charge >= 0.3 is 0 Å². The lowest BCUT2D eigenvalue weighted by molar-refractivity contribution is -0.00927. The van der Waals surface area contributed by atoms with Crippen molar-refractivity contribution in [3.63, 3.8) is 0 Å². The summed E-state index contributed by atoms with van der Waals surface area (Å²) in [6.07, 6.45) is 7.10. The molecule has 156 valence electrons. The van der Waals surface area contributed by atoms with Crippen LogP contribution in [0.4, 0.5) is 4.39 Å². The highest BCUT2D eigenvalue weighted by molar-refractivity contribution is 5.73. The number of benzene rings is 1. The number of halogens is 1. The zero-order chi connectivity index (χ0) is 20.9. The van der Waals surface area contributed by atoms with Crippen molar-refractivity contribution >= 4 is 0 Å². The van der Waals surface area contributed by atoms with E-state index in [0.717, 1.165) is 24.0 Å². The van der Waals surface area contributed by atoms with Crippen LogP contribution >= 0.6 is 0 Å². The second-order valence-electron chi connectivity index (χ2n) is 8.82. The lowest BCUT2D eigenvalue weighted by atomic mass is 9.85. The zero-order valence-corrected chi connectivity index (χ0v) is 16.9. The Hall–Kier alpha value is -3.00. The summed E-state index contributed by atoms with van der Waals surface area (Å²) in [4.78, 5) is 8.69. The molecule has 0 saturated carbocycles. The lowest BCUT2D eigenvalue weighted by Gasteiger charge is -2.43. The second-order valence-corrected chi connectivity index (χ2v) is 8.82. The van der Waals surface area contributed by atoms with Crippen molar-refractivity contribution in [2.75, 3.05) is 0 Å². The topological polar surface area (TPSA) is 96.0 Å². The minimum absolute atomic E-state index is 0.0938. The van der Waals surface area contributed by atoms with Crippen molar-refractivity contribution in [3.05, 3.63) is 43.0 Å². The number of ether oxygens (including phenoxy) is 1. The van der Waals surface area contributed by atoms with Gasteiger partial charge in [-0.25, -0.2) is 14.4 Å². The summed E-state index contributed by atoms with van der Waals surface area (Å²) in [7, 11) is 0. The maximum absolute atomic E-state index is 15.1. The first-order valence-electron chi connectivity index (χ1n) is 10.1. The van der Waals surface area contributed by atoms with Gasteiger partial charge in [-0.15, -0.1) is 0 Å². The Kier molecular flexibility index (Phi) is 4.28. The molecule has 0 unspecified atom stereocenters. The SMILES string of the molecule is C[C@@]12CC[C@@](C)(N1)[C@@H](F)[C@@H](Oc1cnc(-c3ccc(-c4cn[nH]c4)cc3O)cn1)C2. The largest absolute Gasteiger partial charge is 0.507 e. The second kappa shape index (κ2) is 6.77. The quantitative estimate of drug-likeness (QED) is 0.609. The Balaban J connectivity index is 1.34. The van der Waals surface area contributed by atoms with Crippen molar-refractivity contribution in [1.82, 2.24) is 25.5 Å². The predicted molar refractivity (Wildman–Crippen MR) is 110 cm³/mol. The molecule has 2 bridgehead atoms. The van der Waals surface area contributed by atoms with E-state index in [0.29, 0.717) is 17.7 Å². The van der Waals surface area contributed by atoms with Gasteiger partial charge in [-0.05, 0) is 44.4 Å². The molecule has 4 atom stereocenters. The Morgan fingerprint density at radius 2 is 2.00 bits per heavy atom. The number of aromatic nitrogens is 4. The van der Waals surface area contributed by atoms with E-state index < -0.39 is 17.8 Å². The van der Waals surface area contributed by atoms with Crippen LogP contribution in [0.1, 0.15) is 33.1 Å². The van der Waals surface area contributed by atoms with Crippen LogP contribution in [0, 0.1) is 0 Å². The number of rotatable bonds is 4. The molecule has 2 saturated heterocycles. The number of hydrogen-bond acceptors (Lipinski definition) is 6. The van der Waals surface area contributed by atoms with Gasteiger partial charge in [-0.2, -0.15) is 5.10 Å². The van der Waals surface area contributed by atoms with Crippen LogP contribution in [-0.4, -0.2) is 48.6 Å². The third-order valence-electron chi connectivity index (χ3n) is 6.38. The van der Waals surface area contributed by atoms with E-state index in [1.807, 2.05) is 13.0 Å². The van der Waals surface area contributed by atoms with Crippen molar-refractivity contribution in [1.29, 1.82) is 0 Å². The van der Waals surface area contributed by atoms with Crippen molar-refractivity contribution < 1.29 is 14.2 Å². The van der Waals surface area contributed by atoms with Crippen molar-refractivity contribution in [2.45, 2.75) is 56.5 Å². The minimum atomic E-state index is -1.12. The highest BCUT2D eigenvalue weighted by Crippen LogP contribution is 2.44. The summed E-state index contributed by atoms with van der Waals surface area (Å²) in [6.45, 7) is 4.04. The minimum Gasteiger partial charge on any atom is -0.507 e. The van der Waals surface area contributed by atoms with Gasteiger partial charge in [0.05, 0.1) is 29.8 Å². The molecule has 30 heavy (non-hydrogen) atoms. The molecule has 3 N–H and O–H groups in total. The molecule has 0 amide bonds. The summed E-state index contributed by atoms with van der Waals surface area (Å²) < 4.78 is 21.0. The van der Waals surface area contributed by atoms with E-state index in [9.17, 15) is 5.11 Å². The highest BCUT2D eigenvalue weighted by atomic mass is 19.1. The molecular formula is C22H24FN5O2. The number of nitrogens with zero attached hydrogens (tertiary/aromatic N) is 3. The van der Waals surface area contributed by atoms with Crippen LogP contribution in [0.2, 0.25) is 0 Å². The van der Waals surface area contributed by atoms with Crippen LogP contribution < -0.4 is 10.1 Å². The molecule has 0 radical (unpaired) electrons. The summed E-state index contributed by atoms with van der Waals surface area (Å²) in [5, 5.41) is 20.6. The van der Waals surface area contributed by atoms with Gasteiger partial charge in [-0.3, -0.25) is 5.10 Å². The molecule has 0 aliphatic carbocycles. The first kappa shape index (κ1) is 19.0. The Bertz CT molecular complexity index is 1060. The van der Waals surface area contributed by atoms with Gasteiger partial charge < -0.3 is 15.2 Å². The first-order chi connectivity index (χ1) is 14.4. The fourth-order valence-corrected chi connectivity index (χ4v) is 4.78. The van der Waals surface area contributed by atoms with Crippen molar-refractivity contribution in [3.8, 4) is 34.0 Å². The van der Waals surface area contributed by atoms with Crippen LogP contribution in [0.3, 0.4) is 0 Å². The van der Waals surface area contributed by atoms with Crippen LogP contribution in [0.25, 0.3) is 22.4 Å². The predicted octanol–water partition coefficient (Wildman–Crippen LogP) is 3.63. The number of aromatic amines is 1. The van der Waals surface area contributed by atoms with Gasteiger partial charge in [-0.1, -0.05) is 6.07 Å². The summed E-state index contributed by atoms with van der Waals surface area (Å²) in [5.41, 5.74) is 2.12. The molecule has 4 heterocycles. The lowest BCUT2D eigenvalue weighted by Crippen LogP contribution is -2.63. The maximum atomic E-state index is 15.1. The number of phenolic OH excluding ortho intramolecular Hbond substituents is 1. The fraction of sp³-hybridized carbons (Fsp3) is 0.409. The van der Waals surface area contributed by atoms with Crippen molar-refractivity contribution in [2.24, 2.45) is 0 Å². The van der Waals surface area contributed by atoms with Gasteiger partial charge in [0.25, 0.3) is 0 Å². The monoisotopic (exact) mass is 409 g/mol. The van der Waals surface area contributed by atoms with Gasteiger partial charge in [0.1, 0.15) is 11.9 Å². The molecule has 8 heteroatoms. The fourth-order valence-electron chi connectivity index (χ4n) is 4.78. The molecule has 2 aliphatic heterocycles. The van der Waals surface area contributed by atoms with Gasteiger partial charge in [0, 0.05) is 29.3 Å². The molecule has 1 aromatic carbocycles. The molecule has 2 aromatic heterocycles. The third-order valence-corrected chi connectivity index (χ3v) is 6.38. The molecular weight excluding hydrogens is 385 g/mol. The molecule has 2 aliphatic rings. The normalized spacial score (nSPS) is 30.4. The molecule has 3 aromatic rings. The van der Waals surface area contributed by atoms with E-state index in [4.69, 9.17) is 4.74 Å². The zero-order valence-electron chi connectivity index (χ0n) is 16.9. The Morgan fingerprint density at radius 3 is 2.70 bits per heavy atom. The molecule has 7 nitrogen and oxygen atoms in total. The average Bonchev–Trinajstić information content (AvgIpc) is 3.34. The highest BCUT2D eigenvalue weighted by Gasteiger charge is 2.56. The van der Waals surface area contributed by atoms with E-state index >= 15 is 4.39 Å². The van der Waals surface area contributed by atoms with Gasteiger partial charge in [0.2, 0.25) is 5.88 Å². The van der Waals surface area contributed by atoms with E-state index in [1.54, 1.807) is 24.5 Å². The van der Waals surface area contributed by atoms with Crippen LogP contribution in [0.5, 0.6) is 11.6 Å². The number of alkyl halides is 1. The third kappa shape index (κ3) is 3.21. The number of H-pyrrole nitrogens is 1. The first-order valence-corrected chi connectivity index (χ1v) is 10.1. The molecule has 5 rings (SSSR count). The van der Waals surface area contributed by atoms with E-state index in [-0.39, 0.29) is 17.2 Å². The van der Waals surface area contributed by atoms with Gasteiger partial charge in [0.15, 0.2) is 6.17 Å². The van der Waals surface area contributed by atoms with E-state index in [2.05, 4.69) is 32.4 Å². The number of fused-ring (bicyclic) bond motifs is 2. The number of aromatic hydroxyl groups is 1. The van der Waals surface area contributed by atoms with Crippen LogP contribution in [0.15, 0.2) is 43.0 Å². The smallest absolute Gasteiger partial charge is 0.232 e. The number of phenols is 1. The van der Waals surface area contributed by atoms with Crippen LogP contribution in [-0.2, 0) is 0 Å². The Labute approximate surface area is 173 Å². The number of piperidine rings is 1. The standard InChI is InChI=1S/C22H24FN5O2/c1-21-5-6-22(2,28-21)20(23)18(8-21)30-19-12-24-16(11-25-19)15-4-3-13(7-17(15)29)14-9-26-27-10-14/h3-4,7,9-12,18,20,28-29H,5-6,8H2,1-2H3,(H,26,27)/t18-,20-,21-,22+/m0/s1. The van der Waals surface area contributed by atoms with E-state index in [1.165, 1.54) is 12.4 Å². The number of nitrogens with one attached hydrogen (secondary N) is 2. The maximum Gasteiger partial charge on any atom is 0.232 e. The Morgan fingerprint density at radius 1 is 1.13 bits per heavy atom.